The number of piperidine rings is 1. The van der Waals surface area contributed by atoms with Gasteiger partial charge in [-0.05, 0) is 25.0 Å². The van der Waals surface area contributed by atoms with E-state index < -0.39 is 4.92 Å². The first-order valence-electron chi connectivity index (χ1n) is 7.22. The molecule has 2 rings (SSSR count). The summed E-state index contributed by atoms with van der Waals surface area (Å²) in [5, 5.41) is 13.7. The molecule has 1 saturated heterocycles. The molecule has 0 unspecified atom stereocenters. The van der Waals surface area contributed by atoms with E-state index in [0.717, 1.165) is 0 Å². The summed E-state index contributed by atoms with van der Waals surface area (Å²) < 4.78 is 0. The van der Waals surface area contributed by atoms with Crippen molar-refractivity contribution in [2.45, 2.75) is 18.9 Å². The fraction of sp³-hybridized carbons (Fsp3) is 0.429. The molecule has 1 aromatic carbocycles. The van der Waals surface area contributed by atoms with Crippen LogP contribution in [-0.4, -0.2) is 47.3 Å². The average molecular weight is 321 g/mol. The number of carbonyl (C=O) groups is 2. The number of nitrogen functional groups attached to an aromatic ring is 1. The summed E-state index contributed by atoms with van der Waals surface area (Å²) in [4.78, 5) is 35.2. The number of hydrogen-bond acceptors (Lipinski definition) is 6. The maximum absolute atomic E-state index is 12.2. The maximum atomic E-state index is 12.2. The Morgan fingerprint density at radius 2 is 2.00 bits per heavy atom. The molecule has 0 aliphatic carbocycles. The first-order chi connectivity index (χ1) is 10.9. The van der Waals surface area contributed by atoms with Crippen molar-refractivity contribution in [3.05, 3.63) is 33.9 Å². The molecule has 1 aromatic rings. The minimum atomic E-state index is -0.617. The number of nitro benzene ring substituents is 1. The van der Waals surface area contributed by atoms with Crippen molar-refractivity contribution in [3.63, 3.8) is 0 Å². The third-order valence-electron chi connectivity index (χ3n) is 3.79. The largest absolute Gasteiger partial charge is 0.393 e. The Morgan fingerprint density at radius 1 is 1.35 bits per heavy atom. The van der Waals surface area contributed by atoms with E-state index in [4.69, 9.17) is 11.5 Å². The van der Waals surface area contributed by atoms with E-state index in [2.05, 4.69) is 5.32 Å². The molecule has 1 aliphatic rings. The highest BCUT2D eigenvalue weighted by Crippen LogP contribution is 2.22. The SMILES string of the molecule is NC(=O)CN1CCC(NC(=O)c2ccc(N)c([N+](=O)[O-])c2)CC1. The first kappa shape index (κ1) is 16.7. The molecule has 0 spiro atoms. The normalized spacial score (nSPS) is 16.0. The third kappa shape index (κ3) is 4.39. The Bertz CT molecular complexity index is 626. The van der Waals surface area contributed by atoms with Gasteiger partial charge < -0.3 is 16.8 Å². The van der Waals surface area contributed by atoms with Crippen molar-refractivity contribution in [3.8, 4) is 0 Å². The molecular weight excluding hydrogens is 302 g/mol. The van der Waals surface area contributed by atoms with Gasteiger partial charge in [-0.1, -0.05) is 0 Å². The Morgan fingerprint density at radius 3 is 2.57 bits per heavy atom. The van der Waals surface area contributed by atoms with Crippen LogP contribution in [0.2, 0.25) is 0 Å². The van der Waals surface area contributed by atoms with Gasteiger partial charge in [-0.2, -0.15) is 0 Å². The van der Waals surface area contributed by atoms with E-state index in [9.17, 15) is 19.7 Å². The number of nitro groups is 1. The van der Waals surface area contributed by atoms with Gasteiger partial charge in [0.1, 0.15) is 5.69 Å². The van der Waals surface area contributed by atoms with Gasteiger partial charge in [0.25, 0.3) is 11.6 Å². The molecule has 1 heterocycles. The molecule has 0 bridgehead atoms. The quantitative estimate of drug-likeness (QED) is 0.391. The Kier molecular flexibility index (Phi) is 5.12. The summed E-state index contributed by atoms with van der Waals surface area (Å²) >= 11 is 0. The summed E-state index contributed by atoms with van der Waals surface area (Å²) in [5.74, 6) is -0.747. The van der Waals surface area contributed by atoms with Crippen LogP contribution >= 0.6 is 0 Å². The van der Waals surface area contributed by atoms with Crippen molar-refractivity contribution in [1.29, 1.82) is 0 Å². The van der Waals surface area contributed by atoms with E-state index >= 15 is 0 Å². The van der Waals surface area contributed by atoms with Crippen LogP contribution in [-0.2, 0) is 4.79 Å². The predicted octanol–water partition coefficient (Wildman–Crippen LogP) is -0.143. The highest BCUT2D eigenvalue weighted by atomic mass is 16.6. The lowest BCUT2D eigenvalue weighted by Crippen LogP contribution is -2.46. The lowest BCUT2D eigenvalue weighted by atomic mass is 10.0. The summed E-state index contributed by atoms with van der Waals surface area (Å²) in [6.45, 7) is 1.54. The van der Waals surface area contributed by atoms with Crippen LogP contribution in [0.25, 0.3) is 0 Å². The number of nitrogens with zero attached hydrogens (tertiary/aromatic N) is 2. The molecule has 9 heteroatoms. The van der Waals surface area contributed by atoms with E-state index in [0.29, 0.717) is 25.9 Å². The molecule has 0 atom stereocenters. The number of amides is 2. The minimum Gasteiger partial charge on any atom is -0.393 e. The molecule has 5 N–H and O–H groups in total. The second kappa shape index (κ2) is 7.05. The second-order valence-corrected chi connectivity index (χ2v) is 5.52. The van der Waals surface area contributed by atoms with Crippen molar-refractivity contribution >= 4 is 23.2 Å². The number of anilines is 1. The lowest BCUT2D eigenvalue weighted by Gasteiger charge is -2.31. The summed E-state index contributed by atoms with van der Waals surface area (Å²) in [6.07, 6.45) is 1.38. The van der Waals surface area contributed by atoms with Gasteiger partial charge >= 0.3 is 0 Å². The lowest BCUT2D eigenvalue weighted by molar-refractivity contribution is -0.383. The number of rotatable bonds is 5. The number of likely N-dealkylation sites (tertiary alicyclic amines) is 1. The second-order valence-electron chi connectivity index (χ2n) is 5.52. The zero-order chi connectivity index (χ0) is 17.0. The molecule has 0 saturated carbocycles. The molecule has 2 amide bonds. The van der Waals surface area contributed by atoms with Crippen molar-refractivity contribution in [2.75, 3.05) is 25.4 Å². The number of nitrogens with one attached hydrogen (secondary N) is 1. The molecule has 9 nitrogen and oxygen atoms in total. The predicted molar refractivity (Wildman–Crippen MR) is 83.6 cm³/mol. The third-order valence-corrected chi connectivity index (χ3v) is 3.79. The zero-order valence-electron chi connectivity index (χ0n) is 12.5. The van der Waals surface area contributed by atoms with Crippen molar-refractivity contribution in [1.82, 2.24) is 10.2 Å². The first-order valence-corrected chi connectivity index (χ1v) is 7.22. The topological polar surface area (TPSA) is 145 Å². The van der Waals surface area contributed by atoms with E-state index in [-0.39, 0.29) is 41.3 Å². The highest BCUT2D eigenvalue weighted by Gasteiger charge is 2.23. The van der Waals surface area contributed by atoms with Gasteiger partial charge in [-0.25, -0.2) is 0 Å². The number of benzene rings is 1. The highest BCUT2D eigenvalue weighted by molar-refractivity contribution is 5.95. The minimum absolute atomic E-state index is 0.0197. The van der Waals surface area contributed by atoms with Crippen LogP contribution in [0.1, 0.15) is 23.2 Å². The summed E-state index contributed by atoms with van der Waals surface area (Å²) in [6, 6.07) is 3.94. The molecule has 1 aliphatic heterocycles. The van der Waals surface area contributed by atoms with Crippen LogP contribution in [0.3, 0.4) is 0 Å². The average Bonchev–Trinajstić information content (AvgIpc) is 2.48. The van der Waals surface area contributed by atoms with Crippen LogP contribution in [0.4, 0.5) is 11.4 Å². The Hall–Kier alpha value is -2.68. The van der Waals surface area contributed by atoms with E-state index in [1.165, 1.54) is 18.2 Å². The zero-order valence-corrected chi connectivity index (χ0v) is 12.5. The molecule has 23 heavy (non-hydrogen) atoms. The van der Waals surface area contributed by atoms with Gasteiger partial charge in [0.2, 0.25) is 5.91 Å². The summed E-state index contributed by atoms with van der Waals surface area (Å²) in [7, 11) is 0. The standard InChI is InChI=1S/C14H19N5O4/c15-11-2-1-9(7-12(11)19(22)23)14(21)17-10-3-5-18(6-4-10)8-13(16)20/h1-2,7,10H,3-6,8,15H2,(H2,16,20)(H,17,21). The number of nitrogens with two attached hydrogens (primary N) is 2. The Balaban J connectivity index is 1.94. The summed E-state index contributed by atoms with van der Waals surface area (Å²) in [5.41, 5.74) is 10.6. The molecular formula is C14H19N5O4. The monoisotopic (exact) mass is 321 g/mol. The van der Waals surface area contributed by atoms with E-state index in [1.807, 2.05) is 4.90 Å². The van der Waals surface area contributed by atoms with Crippen molar-refractivity contribution in [2.24, 2.45) is 5.73 Å². The Labute approximate surface area is 132 Å². The van der Waals surface area contributed by atoms with Gasteiger partial charge in [0, 0.05) is 30.8 Å². The smallest absolute Gasteiger partial charge is 0.292 e. The van der Waals surface area contributed by atoms with Crippen LogP contribution in [0.15, 0.2) is 18.2 Å². The number of hydrogen-bond donors (Lipinski definition) is 3. The van der Waals surface area contributed by atoms with Crippen LogP contribution in [0, 0.1) is 10.1 Å². The molecule has 124 valence electrons. The number of carbonyl (C=O) groups excluding carboxylic acids is 2. The molecule has 0 aromatic heterocycles. The van der Waals surface area contributed by atoms with Gasteiger partial charge in [0.05, 0.1) is 11.5 Å². The van der Waals surface area contributed by atoms with Gasteiger partial charge in [0.15, 0.2) is 0 Å². The fourth-order valence-electron chi connectivity index (χ4n) is 2.57. The van der Waals surface area contributed by atoms with Crippen LogP contribution in [0.5, 0.6) is 0 Å². The molecule has 0 radical (unpaired) electrons. The van der Waals surface area contributed by atoms with Gasteiger partial charge in [-0.3, -0.25) is 24.6 Å². The molecule has 1 fully saturated rings. The van der Waals surface area contributed by atoms with Crippen molar-refractivity contribution < 1.29 is 14.5 Å². The van der Waals surface area contributed by atoms with Crippen LogP contribution < -0.4 is 16.8 Å². The number of primary amides is 1. The fourth-order valence-corrected chi connectivity index (χ4v) is 2.57. The van der Waals surface area contributed by atoms with E-state index in [1.54, 1.807) is 0 Å². The maximum Gasteiger partial charge on any atom is 0.292 e. The van der Waals surface area contributed by atoms with Gasteiger partial charge in [-0.15, -0.1) is 0 Å².